The fraction of sp³-hybridized carbons (Fsp3) is 0.929. The van der Waals surface area contributed by atoms with E-state index in [4.69, 9.17) is 10.00 Å². The number of hydrogen-bond donors (Lipinski definition) is 1. The van der Waals surface area contributed by atoms with E-state index in [1.165, 1.54) is 51.9 Å². The summed E-state index contributed by atoms with van der Waals surface area (Å²) in [5, 5.41) is 12.2. The normalized spacial score (nSPS) is 31.1. The number of likely N-dealkylation sites (tertiary alicyclic amines) is 1. The Morgan fingerprint density at radius 2 is 2.28 bits per heavy atom. The summed E-state index contributed by atoms with van der Waals surface area (Å²) in [6, 6.07) is 2.11. The van der Waals surface area contributed by atoms with Crippen LogP contribution in [0, 0.1) is 16.7 Å². The predicted molar refractivity (Wildman–Crippen MR) is 71.2 cm³/mol. The van der Waals surface area contributed by atoms with E-state index in [0.29, 0.717) is 12.0 Å². The zero-order valence-electron chi connectivity index (χ0n) is 11.5. The summed E-state index contributed by atoms with van der Waals surface area (Å²) in [5.74, 6) is 0. The summed E-state index contributed by atoms with van der Waals surface area (Å²) in [7, 11) is 0. The maximum Gasteiger partial charge on any atom is 0.141 e. The molecule has 2 unspecified atom stereocenters. The van der Waals surface area contributed by atoms with Crippen LogP contribution in [0.25, 0.3) is 0 Å². The Morgan fingerprint density at radius 3 is 3.00 bits per heavy atom. The third kappa shape index (κ3) is 3.68. The van der Waals surface area contributed by atoms with Crippen molar-refractivity contribution in [3.05, 3.63) is 0 Å². The summed E-state index contributed by atoms with van der Waals surface area (Å²) >= 11 is 0. The van der Waals surface area contributed by atoms with E-state index in [0.717, 1.165) is 6.54 Å². The molecule has 0 bridgehead atoms. The molecule has 2 atom stereocenters. The number of nitriles is 1. The van der Waals surface area contributed by atoms with Crippen LogP contribution in [-0.4, -0.2) is 50.3 Å². The molecule has 0 saturated carbocycles. The van der Waals surface area contributed by atoms with Gasteiger partial charge in [-0.2, -0.15) is 5.26 Å². The van der Waals surface area contributed by atoms with Crippen molar-refractivity contribution in [3.8, 4) is 6.07 Å². The number of hydrogen-bond acceptors (Lipinski definition) is 4. The Balaban J connectivity index is 1.74. The van der Waals surface area contributed by atoms with Crippen molar-refractivity contribution in [2.45, 2.75) is 38.7 Å². The summed E-state index contributed by atoms with van der Waals surface area (Å²) in [4.78, 5) is 2.51. The second-order valence-corrected chi connectivity index (χ2v) is 5.80. The van der Waals surface area contributed by atoms with Crippen LogP contribution in [0.5, 0.6) is 0 Å². The third-order valence-corrected chi connectivity index (χ3v) is 4.26. The molecule has 0 radical (unpaired) electrons. The molecule has 2 fully saturated rings. The van der Waals surface area contributed by atoms with Gasteiger partial charge in [-0.1, -0.05) is 0 Å². The van der Waals surface area contributed by atoms with E-state index in [1.54, 1.807) is 0 Å². The van der Waals surface area contributed by atoms with Gasteiger partial charge < -0.3 is 15.0 Å². The maximum atomic E-state index is 8.67. The quantitative estimate of drug-likeness (QED) is 0.820. The van der Waals surface area contributed by atoms with E-state index in [2.05, 4.69) is 16.3 Å². The Labute approximate surface area is 110 Å². The Kier molecular flexibility index (Phi) is 4.99. The first-order valence-corrected chi connectivity index (χ1v) is 7.18. The Hall–Kier alpha value is -0.630. The van der Waals surface area contributed by atoms with Crippen LogP contribution in [0.3, 0.4) is 0 Å². The monoisotopic (exact) mass is 251 g/mol. The minimum Gasteiger partial charge on any atom is -0.362 e. The van der Waals surface area contributed by atoms with Gasteiger partial charge in [-0.25, -0.2) is 0 Å². The molecule has 4 nitrogen and oxygen atoms in total. The lowest BCUT2D eigenvalue weighted by molar-refractivity contribution is 0.0295. The molecule has 1 N–H and O–H groups in total. The molecule has 0 amide bonds. The van der Waals surface area contributed by atoms with Crippen molar-refractivity contribution in [1.29, 1.82) is 5.26 Å². The van der Waals surface area contributed by atoms with Crippen molar-refractivity contribution in [3.63, 3.8) is 0 Å². The lowest BCUT2D eigenvalue weighted by atomic mass is 9.74. The smallest absolute Gasteiger partial charge is 0.141 e. The van der Waals surface area contributed by atoms with E-state index in [9.17, 15) is 0 Å². The summed E-state index contributed by atoms with van der Waals surface area (Å²) in [6.07, 6.45) is 5.07. The van der Waals surface area contributed by atoms with E-state index >= 15 is 0 Å². The minimum atomic E-state index is -0.278. The van der Waals surface area contributed by atoms with Gasteiger partial charge in [-0.3, -0.25) is 0 Å². The number of nitrogens with zero attached hydrogens (tertiary/aromatic N) is 2. The highest BCUT2D eigenvalue weighted by Gasteiger charge is 2.36. The molecule has 102 valence electrons. The molecule has 1 spiro atoms. The van der Waals surface area contributed by atoms with Crippen molar-refractivity contribution >= 4 is 0 Å². The number of piperidine rings is 2. The van der Waals surface area contributed by atoms with Crippen LogP contribution in [0.1, 0.15) is 32.6 Å². The van der Waals surface area contributed by atoms with Crippen LogP contribution < -0.4 is 5.32 Å². The number of nitrogens with one attached hydrogen (secondary N) is 1. The van der Waals surface area contributed by atoms with Gasteiger partial charge in [0.25, 0.3) is 0 Å². The van der Waals surface area contributed by atoms with Crippen LogP contribution in [-0.2, 0) is 4.74 Å². The molecule has 2 heterocycles. The molecule has 2 saturated heterocycles. The zero-order chi connectivity index (χ0) is 12.8. The molecule has 0 aromatic rings. The van der Waals surface area contributed by atoms with Crippen LogP contribution in [0.15, 0.2) is 0 Å². The first-order valence-electron chi connectivity index (χ1n) is 7.18. The Morgan fingerprint density at radius 1 is 1.44 bits per heavy atom. The average molecular weight is 251 g/mol. The van der Waals surface area contributed by atoms with E-state index in [-0.39, 0.29) is 6.10 Å². The van der Waals surface area contributed by atoms with Crippen molar-refractivity contribution in [1.82, 2.24) is 10.2 Å². The van der Waals surface area contributed by atoms with Gasteiger partial charge in [-0.15, -0.1) is 0 Å². The lowest BCUT2D eigenvalue weighted by Crippen LogP contribution is -2.51. The third-order valence-electron chi connectivity index (χ3n) is 4.26. The Bertz CT molecular complexity index is 288. The van der Waals surface area contributed by atoms with Gasteiger partial charge in [0, 0.05) is 19.6 Å². The highest BCUT2D eigenvalue weighted by atomic mass is 16.5. The SMILES string of the molecule is CC(C#N)OCCN1CCCC2(CCCNC2)C1. The molecule has 2 aliphatic heterocycles. The molecular weight excluding hydrogens is 226 g/mol. The topological polar surface area (TPSA) is 48.3 Å². The second kappa shape index (κ2) is 6.51. The standard InChI is InChI=1S/C14H25N3O/c1-13(10-15)18-9-8-17-7-3-5-14(12-17)4-2-6-16-11-14/h13,16H,2-9,11-12H2,1H3. The predicted octanol–water partition coefficient (Wildman–Crippen LogP) is 1.38. The van der Waals surface area contributed by atoms with Crippen molar-refractivity contribution in [2.24, 2.45) is 5.41 Å². The highest BCUT2D eigenvalue weighted by Crippen LogP contribution is 2.35. The van der Waals surface area contributed by atoms with Crippen LogP contribution in [0.4, 0.5) is 0 Å². The van der Waals surface area contributed by atoms with Gasteiger partial charge >= 0.3 is 0 Å². The highest BCUT2D eigenvalue weighted by molar-refractivity contribution is 4.91. The van der Waals surface area contributed by atoms with Gasteiger partial charge in [-0.05, 0) is 51.1 Å². The lowest BCUT2D eigenvalue weighted by Gasteiger charge is -2.45. The minimum absolute atomic E-state index is 0.278. The number of ether oxygens (including phenoxy) is 1. The molecule has 2 aliphatic rings. The summed E-state index contributed by atoms with van der Waals surface area (Å²) in [6.45, 7) is 8.20. The number of rotatable bonds is 4. The summed E-state index contributed by atoms with van der Waals surface area (Å²) < 4.78 is 5.45. The second-order valence-electron chi connectivity index (χ2n) is 5.80. The maximum absolute atomic E-state index is 8.67. The van der Waals surface area contributed by atoms with Gasteiger partial charge in [0.15, 0.2) is 0 Å². The molecule has 0 aliphatic carbocycles. The first-order chi connectivity index (χ1) is 8.74. The average Bonchev–Trinajstić information content (AvgIpc) is 2.39. The molecule has 0 aromatic heterocycles. The molecule has 4 heteroatoms. The van der Waals surface area contributed by atoms with E-state index < -0.39 is 0 Å². The van der Waals surface area contributed by atoms with Gasteiger partial charge in [0.2, 0.25) is 0 Å². The van der Waals surface area contributed by atoms with E-state index in [1.807, 2.05) is 6.92 Å². The van der Waals surface area contributed by atoms with Crippen molar-refractivity contribution < 1.29 is 4.74 Å². The largest absolute Gasteiger partial charge is 0.362 e. The molecule has 0 aromatic carbocycles. The first kappa shape index (κ1) is 13.8. The van der Waals surface area contributed by atoms with Crippen LogP contribution in [0.2, 0.25) is 0 Å². The van der Waals surface area contributed by atoms with Gasteiger partial charge in [0.1, 0.15) is 6.10 Å². The van der Waals surface area contributed by atoms with Gasteiger partial charge in [0.05, 0.1) is 12.7 Å². The molecular formula is C14H25N3O. The fourth-order valence-corrected chi connectivity index (χ4v) is 3.28. The van der Waals surface area contributed by atoms with Crippen LogP contribution >= 0.6 is 0 Å². The molecule has 2 rings (SSSR count). The zero-order valence-corrected chi connectivity index (χ0v) is 11.5. The summed E-state index contributed by atoms with van der Waals surface area (Å²) in [5.41, 5.74) is 0.511. The fourth-order valence-electron chi connectivity index (χ4n) is 3.28. The molecule has 18 heavy (non-hydrogen) atoms. The van der Waals surface area contributed by atoms with Crippen molar-refractivity contribution in [2.75, 3.05) is 39.3 Å².